The standard InChI is InChI=1S/C28H22N2O10/c29-27(39-17-1-3-19(23(31)32)21(13-17)25(35)36)9-5-15(6-10-27)16-7-11-28(30,12-8-16)40-18-2-4-20(24(33)34)22(14-18)26(37)38/h1-14H,29-30H2,(H,31,32)(H,33,34)(H,35,36)(H,37,38). The molecule has 0 heterocycles. The van der Waals surface area contributed by atoms with E-state index < -0.39 is 46.5 Å². The van der Waals surface area contributed by atoms with Crippen LogP contribution in [0.4, 0.5) is 0 Å². The highest BCUT2D eigenvalue weighted by molar-refractivity contribution is 6.02. The number of hydrogen-bond donors (Lipinski definition) is 6. The molecule has 0 saturated heterocycles. The van der Waals surface area contributed by atoms with E-state index >= 15 is 0 Å². The fourth-order valence-corrected chi connectivity index (χ4v) is 3.93. The van der Waals surface area contributed by atoms with E-state index in [1.807, 2.05) is 0 Å². The molecule has 12 nitrogen and oxygen atoms in total. The minimum Gasteiger partial charge on any atom is -0.478 e. The third-order valence-electron chi connectivity index (χ3n) is 5.92. The number of carboxylic acids is 4. The Morgan fingerprint density at radius 3 is 1.10 bits per heavy atom. The molecule has 0 unspecified atom stereocenters. The van der Waals surface area contributed by atoms with Crippen LogP contribution in [0.5, 0.6) is 11.5 Å². The van der Waals surface area contributed by atoms with Crippen LogP contribution in [0.25, 0.3) is 0 Å². The summed E-state index contributed by atoms with van der Waals surface area (Å²) in [6, 6.07) is 7.02. The Morgan fingerprint density at radius 2 is 0.825 bits per heavy atom. The fourth-order valence-electron chi connectivity index (χ4n) is 3.93. The lowest BCUT2D eigenvalue weighted by Crippen LogP contribution is -2.43. The van der Waals surface area contributed by atoms with Gasteiger partial charge in [-0.1, -0.05) is 24.3 Å². The van der Waals surface area contributed by atoms with Gasteiger partial charge in [0, 0.05) is 0 Å². The first kappa shape index (κ1) is 27.6. The summed E-state index contributed by atoms with van der Waals surface area (Å²) >= 11 is 0. The van der Waals surface area contributed by atoms with Crippen LogP contribution >= 0.6 is 0 Å². The predicted molar refractivity (Wildman–Crippen MR) is 139 cm³/mol. The van der Waals surface area contributed by atoms with Gasteiger partial charge in [0.1, 0.15) is 11.5 Å². The third-order valence-corrected chi connectivity index (χ3v) is 5.92. The topological polar surface area (TPSA) is 220 Å². The van der Waals surface area contributed by atoms with Gasteiger partial charge in [-0.25, -0.2) is 19.2 Å². The lowest BCUT2D eigenvalue weighted by molar-refractivity contribution is 0.0650. The fraction of sp³-hybridized carbons (Fsp3) is 0.0714. The van der Waals surface area contributed by atoms with Gasteiger partial charge in [-0.3, -0.25) is 11.5 Å². The summed E-state index contributed by atoms with van der Waals surface area (Å²) in [5.74, 6) is -5.51. The van der Waals surface area contributed by atoms with Gasteiger partial charge >= 0.3 is 23.9 Å². The molecular formula is C28H22N2O10. The van der Waals surface area contributed by atoms with Crippen molar-refractivity contribution < 1.29 is 49.1 Å². The predicted octanol–water partition coefficient (Wildman–Crippen LogP) is 2.80. The second-order valence-electron chi connectivity index (χ2n) is 8.79. The van der Waals surface area contributed by atoms with E-state index in [0.717, 1.165) is 24.3 Å². The molecule has 0 aliphatic heterocycles. The van der Waals surface area contributed by atoms with E-state index in [0.29, 0.717) is 11.1 Å². The van der Waals surface area contributed by atoms with Gasteiger partial charge in [-0.15, -0.1) is 0 Å². The summed E-state index contributed by atoms with van der Waals surface area (Å²) < 4.78 is 11.4. The highest BCUT2D eigenvalue weighted by Crippen LogP contribution is 2.29. The Hall–Kier alpha value is -5.46. The summed E-state index contributed by atoms with van der Waals surface area (Å²) in [7, 11) is 0. The van der Waals surface area contributed by atoms with Crippen molar-refractivity contribution in [1.82, 2.24) is 0 Å². The van der Waals surface area contributed by atoms with Gasteiger partial charge in [0.2, 0.25) is 0 Å². The molecule has 8 N–H and O–H groups in total. The number of rotatable bonds is 8. The number of carboxylic acid groups (broad SMARTS) is 4. The Kier molecular flexibility index (Phi) is 7.14. The molecule has 0 fully saturated rings. The van der Waals surface area contributed by atoms with Crippen LogP contribution in [0, 0.1) is 0 Å². The summed E-state index contributed by atoms with van der Waals surface area (Å²) in [6.45, 7) is 0. The van der Waals surface area contributed by atoms with E-state index in [9.17, 15) is 39.6 Å². The van der Waals surface area contributed by atoms with E-state index in [1.165, 1.54) is 36.4 Å². The number of aromatic carboxylic acids is 4. The number of carbonyl (C=O) groups is 4. The quantitative estimate of drug-likeness (QED) is 0.263. The average Bonchev–Trinajstić information content (AvgIpc) is 2.89. The molecule has 2 aromatic rings. The van der Waals surface area contributed by atoms with Gasteiger partial charge in [-0.2, -0.15) is 0 Å². The zero-order valence-corrected chi connectivity index (χ0v) is 20.5. The Balaban J connectivity index is 1.49. The molecule has 2 aliphatic rings. The first-order valence-corrected chi connectivity index (χ1v) is 11.5. The number of nitrogens with two attached hydrogens (primary N) is 2. The molecule has 0 spiro atoms. The van der Waals surface area contributed by atoms with Gasteiger partial charge in [0.05, 0.1) is 22.3 Å². The summed E-state index contributed by atoms with van der Waals surface area (Å²) in [5.41, 5.74) is 9.40. The molecule has 4 rings (SSSR count). The van der Waals surface area contributed by atoms with Crippen molar-refractivity contribution in [3.05, 3.63) is 118 Å². The summed E-state index contributed by atoms with van der Waals surface area (Å²) in [4.78, 5) is 45.4. The van der Waals surface area contributed by atoms with Crippen molar-refractivity contribution in [2.75, 3.05) is 0 Å². The van der Waals surface area contributed by atoms with Crippen LogP contribution in [0.3, 0.4) is 0 Å². The van der Waals surface area contributed by atoms with Crippen LogP contribution in [-0.2, 0) is 0 Å². The SMILES string of the molecule is NC1(Oc2ccc(C(=O)O)c(C(=O)O)c2)C=CC(=C2C=CC(N)(Oc3ccc(C(=O)O)c(C(=O)O)c3)C=C2)C=C1. The van der Waals surface area contributed by atoms with Crippen molar-refractivity contribution in [1.29, 1.82) is 0 Å². The monoisotopic (exact) mass is 546 g/mol. The molecule has 2 aromatic carbocycles. The minimum absolute atomic E-state index is 0.0558. The van der Waals surface area contributed by atoms with E-state index in [2.05, 4.69) is 0 Å². The maximum Gasteiger partial charge on any atom is 0.336 e. The maximum atomic E-state index is 11.4. The smallest absolute Gasteiger partial charge is 0.336 e. The maximum absolute atomic E-state index is 11.4. The number of hydrogen-bond acceptors (Lipinski definition) is 8. The highest BCUT2D eigenvalue weighted by atomic mass is 16.5. The van der Waals surface area contributed by atoms with Crippen LogP contribution in [0.2, 0.25) is 0 Å². The molecule has 12 heteroatoms. The van der Waals surface area contributed by atoms with Crippen molar-refractivity contribution in [3.8, 4) is 11.5 Å². The Bertz CT molecular complexity index is 1450. The summed E-state index contributed by atoms with van der Waals surface area (Å²) in [6.07, 6.45) is 12.8. The van der Waals surface area contributed by atoms with Gasteiger partial charge < -0.3 is 29.9 Å². The first-order valence-electron chi connectivity index (χ1n) is 11.5. The van der Waals surface area contributed by atoms with Gasteiger partial charge in [-0.05, 0) is 71.8 Å². The van der Waals surface area contributed by atoms with Gasteiger partial charge in [0.15, 0.2) is 11.4 Å². The minimum atomic E-state index is -1.45. The molecule has 0 radical (unpaired) electrons. The zero-order valence-electron chi connectivity index (χ0n) is 20.5. The number of benzene rings is 2. The van der Waals surface area contributed by atoms with Crippen LogP contribution in [-0.4, -0.2) is 55.8 Å². The molecule has 0 aromatic heterocycles. The van der Waals surface area contributed by atoms with Crippen molar-refractivity contribution in [2.45, 2.75) is 11.4 Å². The molecule has 0 bridgehead atoms. The molecule has 0 saturated carbocycles. The Labute approximate surface area is 226 Å². The van der Waals surface area contributed by atoms with Crippen LogP contribution in [0.15, 0.2) is 96.2 Å². The normalized spacial score (nSPS) is 21.2. The third kappa shape index (κ3) is 5.83. The van der Waals surface area contributed by atoms with Crippen LogP contribution < -0.4 is 20.9 Å². The van der Waals surface area contributed by atoms with Gasteiger partial charge in [0.25, 0.3) is 0 Å². The van der Waals surface area contributed by atoms with Crippen LogP contribution in [0.1, 0.15) is 41.4 Å². The molecule has 0 atom stereocenters. The van der Waals surface area contributed by atoms with E-state index in [-0.39, 0.29) is 22.6 Å². The van der Waals surface area contributed by atoms with E-state index in [1.54, 1.807) is 24.3 Å². The van der Waals surface area contributed by atoms with Crippen molar-refractivity contribution in [3.63, 3.8) is 0 Å². The molecule has 40 heavy (non-hydrogen) atoms. The van der Waals surface area contributed by atoms with E-state index in [4.69, 9.17) is 20.9 Å². The first-order chi connectivity index (χ1) is 18.8. The molecular weight excluding hydrogens is 524 g/mol. The highest BCUT2D eigenvalue weighted by Gasteiger charge is 2.27. The number of allylic oxidation sites excluding steroid dienone is 6. The van der Waals surface area contributed by atoms with Crippen molar-refractivity contribution in [2.24, 2.45) is 11.5 Å². The second-order valence-corrected chi connectivity index (χ2v) is 8.79. The lowest BCUT2D eigenvalue weighted by atomic mass is 9.94. The summed E-state index contributed by atoms with van der Waals surface area (Å²) in [5, 5.41) is 37.0. The molecule has 0 amide bonds. The van der Waals surface area contributed by atoms with Crippen molar-refractivity contribution >= 4 is 23.9 Å². The largest absolute Gasteiger partial charge is 0.478 e. The average molecular weight is 546 g/mol. The Morgan fingerprint density at radius 1 is 0.525 bits per heavy atom. The molecule has 204 valence electrons. The lowest BCUT2D eigenvalue weighted by Gasteiger charge is -2.28. The molecule has 2 aliphatic carbocycles. The zero-order chi connectivity index (χ0) is 29.2. The number of ether oxygens (including phenoxy) is 2. The second kappa shape index (κ2) is 10.4.